The SMILES string of the molecule is O=C(NC1CCc2ccccc2C1)c1cccnc1. The van der Waals surface area contributed by atoms with Crippen LogP contribution in [0.25, 0.3) is 0 Å². The molecule has 96 valence electrons. The van der Waals surface area contributed by atoms with Crippen LogP contribution in [0.2, 0.25) is 0 Å². The van der Waals surface area contributed by atoms with Gasteiger partial charge >= 0.3 is 0 Å². The van der Waals surface area contributed by atoms with Gasteiger partial charge in [0.25, 0.3) is 5.91 Å². The van der Waals surface area contributed by atoms with E-state index < -0.39 is 0 Å². The normalized spacial score (nSPS) is 17.6. The van der Waals surface area contributed by atoms with E-state index in [9.17, 15) is 4.79 Å². The fourth-order valence-electron chi connectivity index (χ4n) is 2.59. The third kappa shape index (κ3) is 2.65. The second-order valence-corrected chi connectivity index (χ2v) is 4.92. The first-order valence-electron chi connectivity index (χ1n) is 6.60. The smallest absolute Gasteiger partial charge is 0.253 e. The molecule has 0 fully saturated rings. The van der Waals surface area contributed by atoms with Gasteiger partial charge in [-0.25, -0.2) is 0 Å². The molecule has 3 nitrogen and oxygen atoms in total. The van der Waals surface area contributed by atoms with E-state index in [2.05, 4.69) is 34.6 Å². The molecule has 1 aliphatic rings. The van der Waals surface area contributed by atoms with Gasteiger partial charge in [-0.3, -0.25) is 9.78 Å². The first-order chi connectivity index (χ1) is 9.33. The van der Waals surface area contributed by atoms with Crippen LogP contribution in [0.15, 0.2) is 48.8 Å². The number of benzene rings is 1. The number of nitrogens with one attached hydrogen (secondary N) is 1. The van der Waals surface area contributed by atoms with Gasteiger partial charge in [0.1, 0.15) is 0 Å². The number of carbonyl (C=O) groups excluding carboxylic acids is 1. The van der Waals surface area contributed by atoms with E-state index in [1.165, 1.54) is 11.1 Å². The molecule has 3 rings (SSSR count). The number of hydrogen-bond acceptors (Lipinski definition) is 2. The number of aryl methyl sites for hydroxylation is 1. The number of carbonyl (C=O) groups is 1. The molecule has 1 N–H and O–H groups in total. The highest BCUT2D eigenvalue weighted by atomic mass is 16.1. The fraction of sp³-hybridized carbons (Fsp3) is 0.250. The number of aromatic nitrogens is 1. The van der Waals surface area contributed by atoms with Crippen LogP contribution in [0.5, 0.6) is 0 Å². The Morgan fingerprint density at radius 3 is 2.79 bits per heavy atom. The Labute approximate surface area is 112 Å². The van der Waals surface area contributed by atoms with Crippen LogP contribution >= 0.6 is 0 Å². The average molecular weight is 252 g/mol. The summed E-state index contributed by atoms with van der Waals surface area (Å²) in [5, 5.41) is 3.10. The number of nitrogens with zero attached hydrogens (tertiary/aromatic N) is 1. The molecule has 0 radical (unpaired) electrons. The van der Waals surface area contributed by atoms with Crippen molar-refractivity contribution in [1.82, 2.24) is 10.3 Å². The molecule has 1 atom stereocenters. The van der Waals surface area contributed by atoms with Crippen LogP contribution in [-0.2, 0) is 12.8 Å². The zero-order valence-corrected chi connectivity index (χ0v) is 10.7. The summed E-state index contributed by atoms with van der Waals surface area (Å²) in [5.74, 6) is -0.0301. The van der Waals surface area contributed by atoms with E-state index in [-0.39, 0.29) is 11.9 Å². The molecule has 2 aromatic rings. The van der Waals surface area contributed by atoms with Crippen molar-refractivity contribution in [3.05, 3.63) is 65.5 Å². The zero-order chi connectivity index (χ0) is 13.1. The van der Waals surface area contributed by atoms with E-state index >= 15 is 0 Å². The molecule has 0 saturated carbocycles. The van der Waals surface area contributed by atoms with Crippen molar-refractivity contribution in [2.24, 2.45) is 0 Å². The molecule has 0 spiro atoms. The van der Waals surface area contributed by atoms with Crippen LogP contribution in [0, 0.1) is 0 Å². The topological polar surface area (TPSA) is 42.0 Å². The molecular weight excluding hydrogens is 236 g/mol. The predicted molar refractivity (Wildman–Crippen MR) is 74.0 cm³/mol. The van der Waals surface area contributed by atoms with Crippen LogP contribution in [-0.4, -0.2) is 16.9 Å². The third-order valence-electron chi connectivity index (χ3n) is 3.61. The van der Waals surface area contributed by atoms with Crippen molar-refractivity contribution >= 4 is 5.91 Å². The van der Waals surface area contributed by atoms with Gasteiger partial charge in [0.15, 0.2) is 0 Å². The molecular formula is C16H16N2O. The monoisotopic (exact) mass is 252 g/mol. The predicted octanol–water partition coefficient (Wildman–Crippen LogP) is 2.37. The Hall–Kier alpha value is -2.16. The molecule has 1 unspecified atom stereocenters. The van der Waals surface area contributed by atoms with Gasteiger partial charge in [-0.15, -0.1) is 0 Å². The summed E-state index contributed by atoms with van der Waals surface area (Å²) in [4.78, 5) is 16.0. The van der Waals surface area contributed by atoms with Gasteiger partial charge in [-0.1, -0.05) is 24.3 Å². The minimum Gasteiger partial charge on any atom is -0.349 e. The summed E-state index contributed by atoms with van der Waals surface area (Å²) in [7, 11) is 0. The Morgan fingerprint density at radius 2 is 2.00 bits per heavy atom. The maximum absolute atomic E-state index is 12.1. The van der Waals surface area contributed by atoms with Gasteiger partial charge in [0, 0.05) is 18.4 Å². The second-order valence-electron chi connectivity index (χ2n) is 4.92. The van der Waals surface area contributed by atoms with E-state index in [0.717, 1.165) is 19.3 Å². The van der Waals surface area contributed by atoms with Crippen molar-refractivity contribution in [2.75, 3.05) is 0 Å². The van der Waals surface area contributed by atoms with Gasteiger partial charge in [-0.05, 0) is 42.5 Å². The maximum Gasteiger partial charge on any atom is 0.253 e. The number of hydrogen-bond donors (Lipinski definition) is 1. The molecule has 3 heteroatoms. The van der Waals surface area contributed by atoms with Crippen molar-refractivity contribution < 1.29 is 4.79 Å². The lowest BCUT2D eigenvalue weighted by Gasteiger charge is -2.25. The zero-order valence-electron chi connectivity index (χ0n) is 10.7. The second kappa shape index (κ2) is 5.22. The Kier molecular flexibility index (Phi) is 3.27. The van der Waals surface area contributed by atoms with Crippen LogP contribution in [0.1, 0.15) is 27.9 Å². The van der Waals surface area contributed by atoms with Crippen molar-refractivity contribution in [3.8, 4) is 0 Å². The van der Waals surface area contributed by atoms with E-state index in [0.29, 0.717) is 5.56 Å². The molecule has 1 heterocycles. The average Bonchev–Trinajstić information content (AvgIpc) is 2.48. The summed E-state index contributed by atoms with van der Waals surface area (Å²) in [5.41, 5.74) is 3.39. The Balaban J connectivity index is 1.68. The highest BCUT2D eigenvalue weighted by molar-refractivity contribution is 5.94. The van der Waals surface area contributed by atoms with Crippen molar-refractivity contribution in [2.45, 2.75) is 25.3 Å². The lowest BCUT2D eigenvalue weighted by Crippen LogP contribution is -2.38. The minimum absolute atomic E-state index is 0.0301. The molecule has 1 aliphatic carbocycles. The van der Waals surface area contributed by atoms with Crippen molar-refractivity contribution in [3.63, 3.8) is 0 Å². The van der Waals surface area contributed by atoms with Crippen molar-refractivity contribution in [1.29, 1.82) is 0 Å². The first kappa shape index (κ1) is 11.9. The molecule has 19 heavy (non-hydrogen) atoms. The third-order valence-corrected chi connectivity index (χ3v) is 3.61. The maximum atomic E-state index is 12.1. The number of amides is 1. The van der Waals surface area contributed by atoms with E-state index in [1.807, 2.05) is 0 Å². The number of fused-ring (bicyclic) bond motifs is 1. The number of rotatable bonds is 2. The lowest BCUT2D eigenvalue weighted by atomic mass is 9.88. The van der Waals surface area contributed by atoms with Crippen LogP contribution in [0.4, 0.5) is 0 Å². The van der Waals surface area contributed by atoms with E-state index in [4.69, 9.17) is 0 Å². The molecule has 1 aromatic carbocycles. The van der Waals surface area contributed by atoms with Crippen LogP contribution < -0.4 is 5.32 Å². The van der Waals surface area contributed by atoms with Gasteiger partial charge in [0.05, 0.1) is 5.56 Å². The molecule has 1 amide bonds. The summed E-state index contributed by atoms with van der Waals surface area (Å²) >= 11 is 0. The summed E-state index contributed by atoms with van der Waals surface area (Å²) in [6.45, 7) is 0. The van der Waals surface area contributed by atoms with Gasteiger partial charge < -0.3 is 5.32 Å². The molecule has 0 aliphatic heterocycles. The largest absolute Gasteiger partial charge is 0.349 e. The quantitative estimate of drug-likeness (QED) is 0.891. The summed E-state index contributed by atoms with van der Waals surface area (Å²) in [6, 6.07) is 12.3. The highest BCUT2D eigenvalue weighted by Crippen LogP contribution is 2.21. The van der Waals surface area contributed by atoms with E-state index in [1.54, 1.807) is 24.5 Å². The molecule has 1 aromatic heterocycles. The minimum atomic E-state index is -0.0301. The Morgan fingerprint density at radius 1 is 1.16 bits per heavy atom. The van der Waals surface area contributed by atoms with Gasteiger partial charge in [-0.2, -0.15) is 0 Å². The van der Waals surface area contributed by atoms with Crippen LogP contribution in [0.3, 0.4) is 0 Å². The first-order valence-corrected chi connectivity index (χ1v) is 6.60. The lowest BCUT2D eigenvalue weighted by molar-refractivity contribution is 0.0933. The summed E-state index contributed by atoms with van der Waals surface area (Å²) in [6.07, 6.45) is 6.24. The highest BCUT2D eigenvalue weighted by Gasteiger charge is 2.20. The molecule has 0 bridgehead atoms. The van der Waals surface area contributed by atoms with Gasteiger partial charge in [0.2, 0.25) is 0 Å². The summed E-state index contributed by atoms with van der Waals surface area (Å²) < 4.78 is 0. The Bertz CT molecular complexity index is 580. The fourth-order valence-corrected chi connectivity index (χ4v) is 2.59. The molecule has 0 saturated heterocycles. The number of pyridine rings is 1. The standard InChI is InChI=1S/C16H16N2O/c19-16(14-6-3-9-17-11-14)18-15-8-7-12-4-1-2-5-13(12)10-15/h1-6,9,11,15H,7-8,10H2,(H,18,19).